The lowest BCUT2D eigenvalue weighted by atomic mass is 10.2. The van der Waals surface area contributed by atoms with Crippen LogP contribution in [0.2, 0.25) is 0 Å². The number of carboxylic acid groups (broad SMARTS) is 1. The Kier molecular flexibility index (Phi) is 4.95. The number of amides is 1. The van der Waals surface area contributed by atoms with E-state index < -0.39 is 5.97 Å². The van der Waals surface area contributed by atoms with Crippen LogP contribution < -0.4 is 5.32 Å². The number of aryl methyl sites for hydroxylation is 1. The zero-order chi connectivity index (χ0) is 18.0. The number of rotatable bonds is 6. The van der Waals surface area contributed by atoms with Gasteiger partial charge in [0.2, 0.25) is 0 Å². The number of thiazole rings is 2. The average Bonchev–Trinajstić information content (AvgIpc) is 3.28. The Labute approximate surface area is 152 Å². The van der Waals surface area contributed by atoms with Crippen molar-refractivity contribution in [3.63, 3.8) is 0 Å². The van der Waals surface area contributed by atoms with Crippen molar-refractivity contribution in [1.29, 1.82) is 0 Å². The van der Waals surface area contributed by atoms with Crippen molar-refractivity contribution in [3.8, 4) is 5.13 Å². The number of aromatic nitrogens is 3. The number of hydrogen-bond donors (Lipinski definition) is 2. The normalized spacial score (nSPS) is 10.8. The molecule has 0 unspecified atom stereocenters. The van der Waals surface area contributed by atoms with Crippen molar-refractivity contribution in [2.45, 2.75) is 20.3 Å². The van der Waals surface area contributed by atoms with Gasteiger partial charge < -0.3 is 10.4 Å². The van der Waals surface area contributed by atoms with E-state index in [0.29, 0.717) is 23.5 Å². The van der Waals surface area contributed by atoms with E-state index in [9.17, 15) is 9.59 Å². The number of aromatic carboxylic acids is 1. The molecule has 3 heterocycles. The standard InChI is InChI=1S/C16H16N4O3S2/c1-9-7-11(10(2)20(9)16-18-5-6-24-16)14(21)17-4-3-13-19-12(8-25-13)15(22)23/h5-8H,3-4H2,1-2H3,(H,17,21)(H,22,23). The molecule has 0 aliphatic carbocycles. The molecule has 3 aromatic rings. The molecule has 7 nitrogen and oxygen atoms in total. The second-order valence-corrected chi connectivity index (χ2v) is 7.19. The molecule has 0 spiro atoms. The number of carboxylic acids is 1. The van der Waals surface area contributed by atoms with Gasteiger partial charge in [0, 0.05) is 41.3 Å². The number of carbonyl (C=O) groups excluding carboxylic acids is 1. The Hall–Kier alpha value is -2.52. The van der Waals surface area contributed by atoms with Gasteiger partial charge in [0.15, 0.2) is 10.8 Å². The van der Waals surface area contributed by atoms with Crippen molar-refractivity contribution in [3.05, 3.63) is 50.7 Å². The highest BCUT2D eigenvalue weighted by Crippen LogP contribution is 2.22. The summed E-state index contributed by atoms with van der Waals surface area (Å²) >= 11 is 2.79. The summed E-state index contributed by atoms with van der Waals surface area (Å²) in [7, 11) is 0. The fourth-order valence-corrected chi connectivity index (χ4v) is 4.04. The van der Waals surface area contributed by atoms with Gasteiger partial charge in [-0.1, -0.05) is 0 Å². The van der Waals surface area contributed by atoms with Crippen molar-refractivity contribution < 1.29 is 14.7 Å². The highest BCUT2D eigenvalue weighted by atomic mass is 32.1. The van der Waals surface area contributed by atoms with Crippen LogP contribution in [0, 0.1) is 13.8 Å². The van der Waals surface area contributed by atoms with Crippen LogP contribution in [0.4, 0.5) is 0 Å². The summed E-state index contributed by atoms with van der Waals surface area (Å²) in [4.78, 5) is 31.6. The van der Waals surface area contributed by atoms with E-state index in [0.717, 1.165) is 16.5 Å². The molecule has 25 heavy (non-hydrogen) atoms. The molecule has 9 heteroatoms. The summed E-state index contributed by atoms with van der Waals surface area (Å²) < 4.78 is 1.96. The van der Waals surface area contributed by atoms with Gasteiger partial charge in [-0.2, -0.15) is 0 Å². The maximum Gasteiger partial charge on any atom is 0.355 e. The average molecular weight is 376 g/mol. The van der Waals surface area contributed by atoms with Crippen LogP contribution >= 0.6 is 22.7 Å². The second kappa shape index (κ2) is 7.16. The number of hydrogen-bond acceptors (Lipinski definition) is 6. The van der Waals surface area contributed by atoms with Gasteiger partial charge in [-0.05, 0) is 19.9 Å². The fraction of sp³-hybridized carbons (Fsp3) is 0.250. The molecule has 0 aliphatic rings. The van der Waals surface area contributed by atoms with Gasteiger partial charge in [0.25, 0.3) is 5.91 Å². The van der Waals surface area contributed by atoms with Gasteiger partial charge in [-0.3, -0.25) is 9.36 Å². The molecule has 1 amide bonds. The highest BCUT2D eigenvalue weighted by molar-refractivity contribution is 7.12. The van der Waals surface area contributed by atoms with E-state index >= 15 is 0 Å². The van der Waals surface area contributed by atoms with E-state index in [1.807, 2.05) is 29.9 Å². The lowest BCUT2D eigenvalue weighted by Crippen LogP contribution is -2.26. The van der Waals surface area contributed by atoms with Crippen LogP contribution in [-0.2, 0) is 6.42 Å². The van der Waals surface area contributed by atoms with E-state index in [4.69, 9.17) is 5.11 Å². The molecule has 130 valence electrons. The first-order valence-electron chi connectivity index (χ1n) is 7.52. The van der Waals surface area contributed by atoms with Crippen LogP contribution in [-0.4, -0.2) is 38.1 Å². The molecule has 0 radical (unpaired) electrons. The van der Waals surface area contributed by atoms with E-state index in [1.54, 1.807) is 6.20 Å². The van der Waals surface area contributed by atoms with Crippen LogP contribution in [0.3, 0.4) is 0 Å². The minimum Gasteiger partial charge on any atom is -0.476 e. The monoisotopic (exact) mass is 376 g/mol. The Balaban J connectivity index is 1.65. The minimum absolute atomic E-state index is 0.0401. The first-order chi connectivity index (χ1) is 12.0. The van der Waals surface area contributed by atoms with Crippen LogP contribution in [0.5, 0.6) is 0 Å². The third-order valence-corrected chi connectivity index (χ3v) is 5.35. The third kappa shape index (κ3) is 3.62. The van der Waals surface area contributed by atoms with Crippen molar-refractivity contribution in [1.82, 2.24) is 19.9 Å². The van der Waals surface area contributed by atoms with E-state index in [-0.39, 0.29) is 11.6 Å². The zero-order valence-electron chi connectivity index (χ0n) is 13.6. The quantitative estimate of drug-likeness (QED) is 0.689. The third-order valence-electron chi connectivity index (χ3n) is 3.68. The van der Waals surface area contributed by atoms with Gasteiger partial charge in [0.05, 0.1) is 10.6 Å². The molecule has 0 bridgehead atoms. The summed E-state index contributed by atoms with van der Waals surface area (Å²) in [5.74, 6) is -1.20. The smallest absolute Gasteiger partial charge is 0.355 e. The molecule has 0 saturated carbocycles. The van der Waals surface area contributed by atoms with Crippen molar-refractivity contribution in [2.75, 3.05) is 6.54 Å². The predicted octanol–water partition coefficient (Wildman–Crippen LogP) is 2.68. The summed E-state index contributed by atoms with van der Waals surface area (Å²) in [5.41, 5.74) is 2.44. The van der Waals surface area contributed by atoms with E-state index in [1.165, 1.54) is 28.1 Å². The molecule has 0 fully saturated rings. The van der Waals surface area contributed by atoms with Crippen LogP contribution in [0.15, 0.2) is 23.0 Å². The molecule has 0 atom stereocenters. The second-order valence-electron chi connectivity index (χ2n) is 5.37. The Morgan fingerprint density at radius 1 is 1.32 bits per heavy atom. The fourth-order valence-electron chi connectivity index (χ4n) is 2.52. The number of nitrogens with zero attached hydrogens (tertiary/aromatic N) is 3. The molecular weight excluding hydrogens is 360 g/mol. The summed E-state index contributed by atoms with van der Waals surface area (Å²) in [6.07, 6.45) is 2.23. The Morgan fingerprint density at radius 3 is 2.76 bits per heavy atom. The SMILES string of the molecule is Cc1cc(C(=O)NCCc2nc(C(=O)O)cs2)c(C)n1-c1nccs1. The van der Waals surface area contributed by atoms with E-state index in [2.05, 4.69) is 15.3 Å². The van der Waals surface area contributed by atoms with Crippen molar-refractivity contribution in [2.24, 2.45) is 0 Å². The number of carbonyl (C=O) groups is 2. The first kappa shape index (κ1) is 17.3. The topological polar surface area (TPSA) is 97.1 Å². The summed E-state index contributed by atoms with van der Waals surface area (Å²) in [6.45, 7) is 4.23. The predicted molar refractivity (Wildman–Crippen MR) is 96.0 cm³/mol. The molecule has 3 rings (SSSR count). The highest BCUT2D eigenvalue weighted by Gasteiger charge is 2.17. The Morgan fingerprint density at radius 2 is 2.12 bits per heavy atom. The molecular formula is C16H16N4O3S2. The van der Waals surface area contributed by atoms with Gasteiger partial charge in [-0.15, -0.1) is 22.7 Å². The summed E-state index contributed by atoms with van der Waals surface area (Å²) in [5, 5.41) is 16.6. The van der Waals surface area contributed by atoms with Gasteiger partial charge >= 0.3 is 5.97 Å². The van der Waals surface area contributed by atoms with Gasteiger partial charge in [0.1, 0.15) is 0 Å². The molecule has 2 N–H and O–H groups in total. The first-order valence-corrected chi connectivity index (χ1v) is 9.28. The van der Waals surface area contributed by atoms with Crippen molar-refractivity contribution >= 4 is 34.6 Å². The lowest BCUT2D eigenvalue weighted by molar-refractivity contribution is 0.0690. The largest absolute Gasteiger partial charge is 0.476 e. The minimum atomic E-state index is -1.04. The molecule has 3 aromatic heterocycles. The van der Waals surface area contributed by atoms with Crippen LogP contribution in [0.25, 0.3) is 5.13 Å². The number of nitrogens with one attached hydrogen (secondary N) is 1. The Bertz CT molecular complexity index is 912. The maximum absolute atomic E-state index is 12.5. The molecule has 0 aromatic carbocycles. The van der Waals surface area contributed by atoms with Crippen LogP contribution in [0.1, 0.15) is 37.2 Å². The van der Waals surface area contributed by atoms with Gasteiger partial charge in [-0.25, -0.2) is 14.8 Å². The lowest BCUT2D eigenvalue weighted by Gasteiger charge is -2.06. The summed E-state index contributed by atoms with van der Waals surface area (Å²) in [6, 6.07) is 1.85. The maximum atomic E-state index is 12.5. The zero-order valence-corrected chi connectivity index (χ0v) is 15.3. The molecule has 0 saturated heterocycles. The molecule has 0 aliphatic heterocycles.